The van der Waals surface area contributed by atoms with Gasteiger partial charge in [0.05, 0.1) is 53.2 Å². The second-order valence-electron chi connectivity index (χ2n) is 9.22. The Morgan fingerprint density at radius 3 is 2.40 bits per heavy atom. The SMILES string of the molecule is Cc1ccc(C2CC[C@@H](Cn3nccn3)n3c(-c4ccccc4)c4c(=O)n(C)c(=O)n(C)c4c32)o1. The number of aryl methyl sites for hydroxylation is 2. The lowest BCUT2D eigenvalue weighted by Gasteiger charge is -2.32. The highest BCUT2D eigenvalue weighted by atomic mass is 16.3. The summed E-state index contributed by atoms with van der Waals surface area (Å²) in [5.74, 6) is 1.58. The Kier molecular flexibility index (Phi) is 4.87. The molecule has 5 aromatic rings. The molecule has 6 rings (SSSR count). The number of aromatic nitrogens is 6. The zero-order valence-electron chi connectivity index (χ0n) is 19.9. The van der Waals surface area contributed by atoms with Gasteiger partial charge in [0.25, 0.3) is 5.56 Å². The number of nitrogens with zero attached hydrogens (tertiary/aromatic N) is 6. The highest BCUT2D eigenvalue weighted by molar-refractivity contribution is 5.96. The van der Waals surface area contributed by atoms with E-state index in [-0.39, 0.29) is 23.2 Å². The maximum atomic E-state index is 13.7. The van der Waals surface area contributed by atoms with Gasteiger partial charge in [-0.3, -0.25) is 13.9 Å². The van der Waals surface area contributed by atoms with E-state index in [1.807, 2.05) is 49.4 Å². The summed E-state index contributed by atoms with van der Waals surface area (Å²) in [4.78, 5) is 28.4. The van der Waals surface area contributed by atoms with Crippen LogP contribution in [0.15, 0.2) is 68.9 Å². The first-order chi connectivity index (χ1) is 17.0. The Morgan fingerprint density at radius 2 is 1.71 bits per heavy atom. The van der Waals surface area contributed by atoms with E-state index >= 15 is 0 Å². The number of rotatable bonds is 4. The van der Waals surface area contributed by atoms with Crippen molar-refractivity contribution in [2.24, 2.45) is 14.1 Å². The first-order valence-corrected chi connectivity index (χ1v) is 11.8. The van der Waals surface area contributed by atoms with Gasteiger partial charge in [-0.05, 0) is 37.5 Å². The molecule has 35 heavy (non-hydrogen) atoms. The topological polar surface area (TPSA) is 92.8 Å². The quantitative estimate of drug-likeness (QED) is 0.402. The van der Waals surface area contributed by atoms with E-state index < -0.39 is 0 Å². The molecule has 0 saturated heterocycles. The van der Waals surface area contributed by atoms with Crippen LogP contribution >= 0.6 is 0 Å². The molecule has 0 amide bonds. The van der Waals surface area contributed by atoms with E-state index in [9.17, 15) is 9.59 Å². The fourth-order valence-corrected chi connectivity index (χ4v) is 5.55. The normalized spacial score (nSPS) is 17.7. The average molecular weight is 471 g/mol. The molecule has 0 fully saturated rings. The van der Waals surface area contributed by atoms with Gasteiger partial charge in [0.15, 0.2) is 0 Å². The highest BCUT2D eigenvalue weighted by Gasteiger charge is 2.37. The first-order valence-electron chi connectivity index (χ1n) is 11.8. The molecule has 0 radical (unpaired) electrons. The van der Waals surface area contributed by atoms with Crippen LogP contribution in [-0.4, -0.2) is 28.7 Å². The van der Waals surface area contributed by atoms with Gasteiger partial charge in [-0.25, -0.2) is 4.79 Å². The van der Waals surface area contributed by atoms with Crippen molar-refractivity contribution in [1.82, 2.24) is 28.7 Å². The van der Waals surface area contributed by atoms with Crippen molar-refractivity contribution in [2.75, 3.05) is 0 Å². The summed E-state index contributed by atoms with van der Waals surface area (Å²) in [6.07, 6.45) is 4.99. The zero-order chi connectivity index (χ0) is 24.3. The molecule has 2 atom stereocenters. The number of hydrogen-bond acceptors (Lipinski definition) is 5. The summed E-state index contributed by atoms with van der Waals surface area (Å²) >= 11 is 0. The number of fused-ring (bicyclic) bond motifs is 3. The largest absolute Gasteiger partial charge is 0.466 e. The van der Waals surface area contributed by atoms with Crippen molar-refractivity contribution in [3.8, 4) is 11.3 Å². The van der Waals surface area contributed by atoms with Crippen molar-refractivity contribution in [2.45, 2.75) is 38.3 Å². The molecule has 0 spiro atoms. The Bertz CT molecular complexity index is 1650. The monoisotopic (exact) mass is 470 g/mol. The van der Waals surface area contributed by atoms with Gasteiger partial charge in [-0.15, -0.1) is 0 Å². The molecule has 0 saturated carbocycles. The van der Waals surface area contributed by atoms with E-state index in [0.29, 0.717) is 17.4 Å². The molecule has 0 bridgehead atoms. The third kappa shape index (κ3) is 3.22. The van der Waals surface area contributed by atoms with Crippen LogP contribution in [0, 0.1) is 6.92 Å². The maximum Gasteiger partial charge on any atom is 0.331 e. The number of hydrogen-bond donors (Lipinski definition) is 0. The zero-order valence-corrected chi connectivity index (χ0v) is 19.9. The fraction of sp³-hybridized carbons (Fsp3) is 0.308. The van der Waals surface area contributed by atoms with Crippen LogP contribution < -0.4 is 11.2 Å². The van der Waals surface area contributed by atoms with E-state index in [0.717, 1.165) is 41.3 Å². The third-order valence-corrected chi connectivity index (χ3v) is 7.12. The lowest BCUT2D eigenvalue weighted by molar-refractivity contribution is 0.302. The third-order valence-electron chi connectivity index (χ3n) is 7.12. The van der Waals surface area contributed by atoms with Crippen molar-refractivity contribution in [3.63, 3.8) is 0 Å². The van der Waals surface area contributed by atoms with Crippen molar-refractivity contribution in [1.29, 1.82) is 0 Å². The van der Waals surface area contributed by atoms with Gasteiger partial charge in [0.2, 0.25) is 0 Å². The predicted molar refractivity (Wildman–Crippen MR) is 131 cm³/mol. The average Bonchev–Trinajstić information content (AvgIpc) is 3.61. The van der Waals surface area contributed by atoms with E-state index in [1.165, 1.54) is 11.6 Å². The summed E-state index contributed by atoms with van der Waals surface area (Å²) in [6, 6.07) is 13.9. The summed E-state index contributed by atoms with van der Waals surface area (Å²) < 4.78 is 11.1. The van der Waals surface area contributed by atoms with Crippen molar-refractivity contribution < 1.29 is 4.42 Å². The molecule has 0 aliphatic carbocycles. The molecule has 1 unspecified atom stereocenters. The van der Waals surface area contributed by atoms with E-state index in [1.54, 1.807) is 28.8 Å². The molecule has 1 aromatic carbocycles. The molecule has 9 nitrogen and oxygen atoms in total. The summed E-state index contributed by atoms with van der Waals surface area (Å²) in [5.41, 5.74) is 2.68. The van der Waals surface area contributed by atoms with Gasteiger partial charge >= 0.3 is 5.69 Å². The highest BCUT2D eigenvalue weighted by Crippen LogP contribution is 2.47. The molecule has 9 heteroatoms. The van der Waals surface area contributed by atoms with Crippen LogP contribution in [0.2, 0.25) is 0 Å². The summed E-state index contributed by atoms with van der Waals surface area (Å²) in [7, 11) is 3.27. The molecule has 1 aliphatic rings. The Labute approximate surface area is 200 Å². The maximum absolute atomic E-state index is 13.7. The van der Waals surface area contributed by atoms with E-state index in [4.69, 9.17) is 4.42 Å². The van der Waals surface area contributed by atoms with Gasteiger partial charge in [-0.1, -0.05) is 30.3 Å². The van der Waals surface area contributed by atoms with Gasteiger partial charge < -0.3 is 8.98 Å². The number of benzene rings is 1. The van der Waals surface area contributed by atoms with Crippen molar-refractivity contribution >= 4 is 10.9 Å². The standard InChI is InChI=1S/C26H26N6O3/c1-16-9-12-20(35-16)19-11-10-18(15-31-27-13-14-28-31)32-22(17-7-5-4-6-8-17)21-24(23(19)32)29(2)26(34)30(3)25(21)33/h4-9,12-14,18-19H,10-11,15H2,1-3H3/t18-,19?/m0/s1. The first kappa shape index (κ1) is 21.4. The van der Waals surface area contributed by atoms with Crippen LogP contribution in [-0.2, 0) is 20.6 Å². The molecule has 178 valence electrons. The van der Waals surface area contributed by atoms with Crippen molar-refractivity contribution in [3.05, 3.63) is 92.9 Å². The lowest BCUT2D eigenvalue weighted by Crippen LogP contribution is -2.37. The van der Waals surface area contributed by atoms with Crippen LogP contribution in [0.5, 0.6) is 0 Å². The van der Waals surface area contributed by atoms with Gasteiger partial charge in [0.1, 0.15) is 11.5 Å². The predicted octanol–water partition coefficient (Wildman–Crippen LogP) is 3.37. The van der Waals surface area contributed by atoms with E-state index in [2.05, 4.69) is 14.8 Å². The second-order valence-corrected chi connectivity index (χ2v) is 9.22. The van der Waals surface area contributed by atoms with Crippen LogP contribution in [0.4, 0.5) is 0 Å². The fourth-order valence-electron chi connectivity index (χ4n) is 5.55. The molecule has 5 heterocycles. The molecule has 0 N–H and O–H groups in total. The lowest BCUT2D eigenvalue weighted by atomic mass is 9.89. The minimum absolute atomic E-state index is 0.00729. The Morgan fingerprint density at radius 1 is 0.971 bits per heavy atom. The second kappa shape index (κ2) is 7.97. The number of furan rings is 1. The van der Waals surface area contributed by atoms with Gasteiger partial charge in [0, 0.05) is 14.1 Å². The van der Waals surface area contributed by atoms with Gasteiger partial charge in [-0.2, -0.15) is 15.0 Å². The molecule has 4 aromatic heterocycles. The molecule has 1 aliphatic heterocycles. The van der Waals surface area contributed by atoms with Crippen LogP contribution in [0.25, 0.3) is 22.2 Å². The molecular weight excluding hydrogens is 444 g/mol. The minimum Gasteiger partial charge on any atom is -0.466 e. The Hall–Kier alpha value is -4.14. The summed E-state index contributed by atoms with van der Waals surface area (Å²) in [6.45, 7) is 2.48. The molecular formula is C26H26N6O3. The Balaban J connectivity index is 1.76. The minimum atomic E-state index is -0.347. The van der Waals surface area contributed by atoms with Crippen LogP contribution in [0.1, 0.15) is 42.0 Å². The summed E-state index contributed by atoms with van der Waals surface area (Å²) in [5, 5.41) is 9.22. The smallest absolute Gasteiger partial charge is 0.331 e. The van der Waals surface area contributed by atoms with Crippen LogP contribution in [0.3, 0.4) is 0 Å².